The lowest BCUT2D eigenvalue weighted by atomic mass is 9.62. The zero-order valence-corrected chi connectivity index (χ0v) is 13.3. The lowest BCUT2D eigenvalue weighted by Gasteiger charge is -2.46. The Morgan fingerprint density at radius 3 is 2.68 bits per heavy atom. The van der Waals surface area contributed by atoms with Crippen LogP contribution in [-0.4, -0.2) is 5.11 Å². The van der Waals surface area contributed by atoms with Crippen molar-refractivity contribution in [1.29, 1.82) is 0 Å². The topological polar surface area (TPSA) is 20.2 Å². The van der Waals surface area contributed by atoms with Gasteiger partial charge in [0.15, 0.2) is 11.6 Å². The Balaban J connectivity index is 1.72. The molecule has 122 valence electrons. The predicted molar refractivity (Wildman–Crippen MR) is 83.3 cm³/mol. The second-order valence-corrected chi connectivity index (χ2v) is 7.39. The number of hydrogen-bond donors (Lipinski definition) is 1. The van der Waals surface area contributed by atoms with Crippen molar-refractivity contribution in [2.75, 3.05) is 0 Å². The van der Waals surface area contributed by atoms with Gasteiger partial charge >= 0.3 is 0 Å². The van der Waals surface area contributed by atoms with Gasteiger partial charge < -0.3 is 5.11 Å². The van der Waals surface area contributed by atoms with Gasteiger partial charge in [0.1, 0.15) is 0 Å². The molecule has 4 atom stereocenters. The largest absolute Gasteiger partial charge is 0.385 e. The standard InChI is InChI=1S/C19H26F2O/c1-2-3-13-4-5-15-12-19(22,9-8-14(15)10-13)16-6-7-17(20)18(21)11-16/h6-7,11,13-15,22H,2-5,8-10,12H2,1H3. The van der Waals surface area contributed by atoms with Crippen LogP contribution in [-0.2, 0) is 5.60 Å². The van der Waals surface area contributed by atoms with Crippen molar-refractivity contribution in [1.82, 2.24) is 0 Å². The summed E-state index contributed by atoms with van der Waals surface area (Å²) in [6, 6.07) is 3.85. The SMILES string of the molecule is CCCC1CCC2CC(O)(c3ccc(F)c(F)c3)CCC2C1. The number of fused-ring (bicyclic) bond motifs is 1. The molecule has 0 heterocycles. The number of rotatable bonds is 3. The zero-order chi connectivity index (χ0) is 15.7. The molecule has 0 amide bonds. The molecule has 3 heteroatoms. The molecule has 2 fully saturated rings. The van der Waals surface area contributed by atoms with E-state index in [2.05, 4.69) is 6.92 Å². The van der Waals surface area contributed by atoms with E-state index >= 15 is 0 Å². The highest BCUT2D eigenvalue weighted by Crippen LogP contribution is 2.50. The van der Waals surface area contributed by atoms with E-state index in [9.17, 15) is 13.9 Å². The van der Waals surface area contributed by atoms with E-state index in [1.807, 2.05) is 0 Å². The van der Waals surface area contributed by atoms with Crippen molar-refractivity contribution < 1.29 is 13.9 Å². The molecule has 0 spiro atoms. The molecule has 1 aromatic carbocycles. The van der Waals surface area contributed by atoms with Gasteiger partial charge in [-0.1, -0.05) is 32.3 Å². The molecule has 1 aromatic rings. The van der Waals surface area contributed by atoms with Crippen molar-refractivity contribution in [3.8, 4) is 0 Å². The molecule has 0 bridgehead atoms. The fourth-order valence-corrected chi connectivity index (χ4v) is 4.72. The average Bonchev–Trinajstić information content (AvgIpc) is 2.50. The van der Waals surface area contributed by atoms with E-state index in [1.165, 1.54) is 38.2 Å². The quantitative estimate of drug-likeness (QED) is 0.817. The Morgan fingerprint density at radius 2 is 1.95 bits per heavy atom. The van der Waals surface area contributed by atoms with Crippen LogP contribution in [0.3, 0.4) is 0 Å². The van der Waals surface area contributed by atoms with Crippen LogP contribution < -0.4 is 0 Å². The van der Waals surface area contributed by atoms with Crippen LogP contribution in [0.15, 0.2) is 18.2 Å². The molecular formula is C19H26F2O. The molecule has 22 heavy (non-hydrogen) atoms. The summed E-state index contributed by atoms with van der Waals surface area (Å²) in [6.45, 7) is 2.24. The van der Waals surface area contributed by atoms with Crippen molar-refractivity contribution in [3.05, 3.63) is 35.4 Å². The lowest BCUT2D eigenvalue weighted by Crippen LogP contribution is -2.39. The normalized spacial score (nSPS) is 35.2. The summed E-state index contributed by atoms with van der Waals surface area (Å²) in [6.07, 6.45) is 8.63. The lowest BCUT2D eigenvalue weighted by molar-refractivity contribution is -0.0566. The van der Waals surface area contributed by atoms with Crippen LogP contribution in [0.4, 0.5) is 8.78 Å². The maximum absolute atomic E-state index is 13.5. The predicted octanol–water partition coefficient (Wildman–Crippen LogP) is 5.17. The maximum Gasteiger partial charge on any atom is 0.159 e. The average molecular weight is 308 g/mol. The molecule has 2 aliphatic rings. The summed E-state index contributed by atoms with van der Waals surface area (Å²) in [4.78, 5) is 0. The summed E-state index contributed by atoms with van der Waals surface area (Å²) in [5.41, 5.74) is -0.437. The molecule has 0 radical (unpaired) electrons. The Hall–Kier alpha value is -0.960. The van der Waals surface area contributed by atoms with Crippen LogP contribution >= 0.6 is 0 Å². The first-order valence-electron chi connectivity index (χ1n) is 8.69. The highest BCUT2D eigenvalue weighted by Gasteiger charge is 2.43. The Morgan fingerprint density at radius 1 is 1.14 bits per heavy atom. The van der Waals surface area contributed by atoms with Crippen LogP contribution in [0.1, 0.15) is 63.9 Å². The first-order chi connectivity index (χ1) is 10.5. The molecule has 0 aromatic heterocycles. The van der Waals surface area contributed by atoms with Crippen LogP contribution in [0.5, 0.6) is 0 Å². The highest BCUT2D eigenvalue weighted by molar-refractivity contribution is 5.25. The van der Waals surface area contributed by atoms with Crippen molar-refractivity contribution in [2.24, 2.45) is 17.8 Å². The van der Waals surface area contributed by atoms with E-state index in [4.69, 9.17) is 0 Å². The van der Waals surface area contributed by atoms with Gasteiger partial charge in [0.25, 0.3) is 0 Å². The Labute approximate surface area is 131 Å². The highest BCUT2D eigenvalue weighted by atomic mass is 19.2. The maximum atomic E-state index is 13.5. The van der Waals surface area contributed by atoms with Crippen molar-refractivity contribution in [3.63, 3.8) is 0 Å². The summed E-state index contributed by atoms with van der Waals surface area (Å²) in [5, 5.41) is 11.0. The van der Waals surface area contributed by atoms with Crippen LogP contribution in [0.2, 0.25) is 0 Å². The first kappa shape index (κ1) is 15.9. The van der Waals surface area contributed by atoms with Crippen LogP contribution in [0.25, 0.3) is 0 Å². The van der Waals surface area contributed by atoms with E-state index in [-0.39, 0.29) is 0 Å². The van der Waals surface area contributed by atoms with Gasteiger partial charge in [-0.3, -0.25) is 0 Å². The van der Waals surface area contributed by atoms with Gasteiger partial charge in [0.2, 0.25) is 0 Å². The number of benzene rings is 1. The van der Waals surface area contributed by atoms with Crippen molar-refractivity contribution in [2.45, 2.75) is 63.9 Å². The van der Waals surface area contributed by atoms with Gasteiger partial charge in [0.05, 0.1) is 5.60 Å². The van der Waals surface area contributed by atoms with Gasteiger partial charge in [-0.2, -0.15) is 0 Å². The second-order valence-electron chi connectivity index (χ2n) is 7.39. The monoisotopic (exact) mass is 308 g/mol. The van der Waals surface area contributed by atoms with Crippen LogP contribution in [0, 0.1) is 29.4 Å². The third kappa shape index (κ3) is 3.05. The third-order valence-electron chi connectivity index (χ3n) is 5.93. The van der Waals surface area contributed by atoms with Gasteiger partial charge in [0, 0.05) is 0 Å². The molecular weight excluding hydrogens is 282 g/mol. The Bertz CT molecular complexity index is 530. The summed E-state index contributed by atoms with van der Waals surface area (Å²) in [5.74, 6) is 0.373. The van der Waals surface area contributed by atoms with Crippen molar-refractivity contribution >= 4 is 0 Å². The zero-order valence-electron chi connectivity index (χ0n) is 13.3. The fourth-order valence-electron chi connectivity index (χ4n) is 4.72. The van der Waals surface area contributed by atoms with Gasteiger partial charge in [-0.25, -0.2) is 8.78 Å². The number of hydrogen-bond acceptors (Lipinski definition) is 1. The first-order valence-corrected chi connectivity index (χ1v) is 8.69. The number of aliphatic hydroxyl groups is 1. The molecule has 2 saturated carbocycles. The molecule has 0 aliphatic heterocycles. The van der Waals surface area contributed by atoms with E-state index < -0.39 is 17.2 Å². The fraction of sp³-hybridized carbons (Fsp3) is 0.684. The molecule has 2 aliphatic carbocycles. The Kier molecular flexibility index (Phi) is 4.54. The van der Waals surface area contributed by atoms with E-state index in [0.29, 0.717) is 30.2 Å². The molecule has 0 saturated heterocycles. The number of halogens is 2. The van der Waals surface area contributed by atoms with Gasteiger partial charge in [-0.05, 0) is 67.6 Å². The molecule has 1 nitrogen and oxygen atoms in total. The minimum absolute atomic E-state index is 0.528. The molecule has 4 unspecified atom stereocenters. The smallest absolute Gasteiger partial charge is 0.159 e. The minimum atomic E-state index is -0.979. The minimum Gasteiger partial charge on any atom is -0.385 e. The summed E-state index contributed by atoms with van der Waals surface area (Å²) >= 11 is 0. The van der Waals surface area contributed by atoms with E-state index in [0.717, 1.165) is 18.4 Å². The second kappa shape index (κ2) is 6.27. The molecule has 1 N–H and O–H groups in total. The van der Waals surface area contributed by atoms with Gasteiger partial charge in [-0.15, -0.1) is 0 Å². The third-order valence-corrected chi connectivity index (χ3v) is 5.93. The summed E-state index contributed by atoms with van der Waals surface area (Å²) in [7, 11) is 0. The molecule has 3 rings (SSSR count). The van der Waals surface area contributed by atoms with E-state index in [1.54, 1.807) is 6.07 Å². The summed E-state index contributed by atoms with van der Waals surface area (Å²) < 4.78 is 26.6.